The molecular formula is C18H14N2O3. The number of pyridine rings is 1. The van der Waals surface area contributed by atoms with Gasteiger partial charge in [0.15, 0.2) is 0 Å². The number of hydrogen-bond acceptors (Lipinski definition) is 3. The van der Waals surface area contributed by atoms with Gasteiger partial charge in [0, 0.05) is 17.3 Å². The molecule has 23 heavy (non-hydrogen) atoms. The van der Waals surface area contributed by atoms with E-state index in [0.717, 1.165) is 22.9 Å². The summed E-state index contributed by atoms with van der Waals surface area (Å²) in [5.74, 6) is -0.993. The lowest BCUT2D eigenvalue weighted by Crippen LogP contribution is -2.20. The van der Waals surface area contributed by atoms with Crippen LogP contribution in [0.3, 0.4) is 0 Å². The van der Waals surface area contributed by atoms with Crippen molar-refractivity contribution in [3.63, 3.8) is 0 Å². The Bertz CT molecular complexity index is 860. The lowest BCUT2D eigenvalue weighted by molar-refractivity contribution is -0.107. The van der Waals surface area contributed by atoms with Crippen LogP contribution < -0.4 is 4.90 Å². The molecule has 0 aliphatic heterocycles. The van der Waals surface area contributed by atoms with Crippen LogP contribution in [0.1, 0.15) is 15.9 Å². The summed E-state index contributed by atoms with van der Waals surface area (Å²) in [5.41, 5.74) is 2.63. The second-order valence-electron chi connectivity index (χ2n) is 5.12. The summed E-state index contributed by atoms with van der Waals surface area (Å²) in [7, 11) is 0. The molecular weight excluding hydrogens is 292 g/mol. The minimum absolute atomic E-state index is 0.187. The van der Waals surface area contributed by atoms with Gasteiger partial charge in [0.2, 0.25) is 6.41 Å². The Labute approximate surface area is 132 Å². The number of carboxylic acids is 1. The molecule has 0 fully saturated rings. The number of rotatable bonds is 5. The molecule has 0 unspecified atom stereocenters. The maximum Gasteiger partial charge on any atom is 0.335 e. The number of nitrogens with zero attached hydrogens (tertiary/aromatic N) is 2. The van der Waals surface area contributed by atoms with Gasteiger partial charge in [-0.2, -0.15) is 0 Å². The quantitative estimate of drug-likeness (QED) is 0.735. The number of para-hydroxylation sites is 1. The summed E-state index contributed by atoms with van der Waals surface area (Å²) in [4.78, 5) is 28.1. The van der Waals surface area contributed by atoms with E-state index < -0.39 is 5.97 Å². The summed E-state index contributed by atoms with van der Waals surface area (Å²) in [6.45, 7) is 0.369. The number of carboxylic acid groups (broad SMARTS) is 1. The van der Waals surface area contributed by atoms with Gasteiger partial charge in [0.05, 0.1) is 17.6 Å². The Morgan fingerprint density at radius 3 is 2.57 bits per heavy atom. The fraction of sp³-hybridized carbons (Fsp3) is 0.0556. The number of benzene rings is 2. The van der Waals surface area contributed by atoms with E-state index in [4.69, 9.17) is 5.11 Å². The highest BCUT2D eigenvalue weighted by Gasteiger charge is 2.09. The third kappa shape index (κ3) is 3.18. The van der Waals surface area contributed by atoms with E-state index in [9.17, 15) is 9.59 Å². The average Bonchev–Trinajstić information content (AvgIpc) is 2.59. The van der Waals surface area contributed by atoms with Crippen molar-refractivity contribution in [3.05, 3.63) is 71.9 Å². The molecule has 5 nitrogen and oxygen atoms in total. The number of hydrogen-bond donors (Lipinski definition) is 1. The van der Waals surface area contributed by atoms with Gasteiger partial charge in [-0.1, -0.05) is 18.2 Å². The summed E-state index contributed by atoms with van der Waals surface area (Å²) >= 11 is 0. The first-order valence-electron chi connectivity index (χ1n) is 7.06. The Kier molecular flexibility index (Phi) is 4.01. The van der Waals surface area contributed by atoms with Gasteiger partial charge < -0.3 is 10.0 Å². The molecule has 0 spiro atoms. The van der Waals surface area contributed by atoms with Crippen molar-refractivity contribution in [2.75, 3.05) is 4.90 Å². The van der Waals surface area contributed by atoms with E-state index >= 15 is 0 Å². The summed E-state index contributed by atoms with van der Waals surface area (Å²) < 4.78 is 0. The molecule has 3 aromatic rings. The predicted molar refractivity (Wildman–Crippen MR) is 87.4 cm³/mol. The van der Waals surface area contributed by atoms with Crippen LogP contribution in [0.5, 0.6) is 0 Å². The fourth-order valence-electron chi connectivity index (χ4n) is 2.38. The second-order valence-corrected chi connectivity index (χ2v) is 5.12. The zero-order valence-corrected chi connectivity index (χ0v) is 12.2. The predicted octanol–water partition coefficient (Wildman–Crippen LogP) is 3.10. The molecule has 1 heterocycles. The van der Waals surface area contributed by atoms with Crippen LogP contribution in [0.4, 0.5) is 5.69 Å². The topological polar surface area (TPSA) is 70.5 Å². The molecule has 2 aromatic carbocycles. The third-order valence-corrected chi connectivity index (χ3v) is 3.57. The summed E-state index contributed by atoms with van der Waals surface area (Å²) in [6.07, 6.45) is 2.47. The van der Waals surface area contributed by atoms with E-state index in [1.807, 2.05) is 30.3 Å². The Morgan fingerprint density at radius 2 is 1.87 bits per heavy atom. The van der Waals surface area contributed by atoms with Gasteiger partial charge in [-0.3, -0.25) is 9.78 Å². The largest absolute Gasteiger partial charge is 0.478 e. The van der Waals surface area contributed by atoms with Crippen LogP contribution in [0.25, 0.3) is 10.9 Å². The SMILES string of the molecule is O=CN(Cc1cnc2ccccc2c1)c1ccc(C(=O)O)cc1. The van der Waals surface area contributed by atoms with E-state index in [1.54, 1.807) is 18.3 Å². The molecule has 1 amide bonds. The molecule has 0 aliphatic carbocycles. The lowest BCUT2D eigenvalue weighted by atomic mass is 10.1. The molecule has 0 saturated heterocycles. The van der Waals surface area contributed by atoms with Crippen LogP contribution >= 0.6 is 0 Å². The molecule has 0 atom stereocenters. The molecule has 1 aromatic heterocycles. The number of amides is 1. The van der Waals surface area contributed by atoms with Crippen molar-refractivity contribution >= 4 is 29.0 Å². The highest BCUT2D eigenvalue weighted by molar-refractivity contribution is 5.88. The zero-order valence-electron chi connectivity index (χ0n) is 12.2. The lowest BCUT2D eigenvalue weighted by Gasteiger charge is -2.17. The molecule has 0 bridgehead atoms. The smallest absolute Gasteiger partial charge is 0.335 e. The Hall–Kier alpha value is -3.21. The first-order valence-corrected chi connectivity index (χ1v) is 7.06. The van der Waals surface area contributed by atoms with Crippen molar-refractivity contribution in [1.82, 2.24) is 4.98 Å². The molecule has 0 radical (unpaired) electrons. The van der Waals surface area contributed by atoms with Crippen LogP contribution in [0.2, 0.25) is 0 Å². The Morgan fingerprint density at radius 1 is 1.13 bits per heavy atom. The first-order chi connectivity index (χ1) is 11.2. The van der Waals surface area contributed by atoms with Gasteiger partial charge in [-0.05, 0) is 42.0 Å². The minimum Gasteiger partial charge on any atom is -0.478 e. The maximum atomic E-state index is 11.4. The molecule has 114 valence electrons. The average molecular weight is 306 g/mol. The summed E-state index contributed by atoms with van der Waals surface area (Å²) in [6, 6.07) is 16.0. The fourth-order valence-corrected chi connectivity index (χ4v) is 2.38. The number of carbonyl (C=O) groups is 2. The highest BCUT2D eigenvalue weighted by Crippen LogP contribution is 2.19. The first kappa shape index (κ1) is 14.7. The number of aromatic nitrogens is 1. The van der Waals surface area contributed by atoms with E-state index in [0.29, 0.717) is 12.2 Å². The zero-order chi connectivity index (χ0) is 16.2. The van der Waals surface area contributed by atoms with Gasteiger partial charge >= 0.3 is 5.97 Å². The molecule has 5 heteroatoms. The van der Waals surface area contributed by atoms with Crippen LogP contribution in [-0.2, 0) is 11.3 Å². The summed E-state index contributed by atoms with van der Waals surface area (Å²) in [5, 5.41) is 9.93. The van der Waals surface area contributed by atoms with Crippen molar-refractivity contribution in [3.8, 4) is 0 Å². The van der Waals surface area contributed by atoms with Gasteiger partial charge in [-0.15, -0.1) is 0 Å². The van der Waals surface area contributed by atoms with Crippen molar-refractivity contribution < 1.29 is 14.7 Å². The number of fused-ring (bicyclic) bond motifs is 1. The van der Waals surface area contributed by atoms with Gasteiger partial charge in [0.25, 0.3) is 0 Å². The maximum absolute atomic E-state index is 11.4. The molecule has 1 N–H and O–H groups in total. The number of anilines is 1. The second kappa shape index (κ2) is 6.27. The van der Waals surface area contributed by atoms with Crippen molar-refractivity contribution in [1.29, 1.82) is 0 Å². The normalized spacial score (nSPS) is 10.4. The van der Waals surface area contributed by atoms with Crippen LogP contribution in [-0.4, -0.2) is 22.5 Å². The standard InChI is InChI=1S/C18H14N2O3/c21-12-20(16-7-5-14(6-8-16)18(22)23)11-13-9-15-3-1-2-4-17(15)19-10-13/h1-10,12H,11H2,(H,22,23). The highest BCUT2D eigenvalue weighted by atomic mass is 16.4. The number of aromatic carboxylic acids is 1. The monoisotopic (exact) mass is 306 g/mol. The van der Waals surface area contributed by atoms with Crippen LogP contribution in [0, 0.1) is 0 Å². The van der Waals surface area contributed by atoms with Gasteiger partial charge in [-0.25, -0.2) is 4.79 Å². The van der Waals surface area contributed by atoms with E-state index in [2.05, 4.69) is 4.98 Å². The third-order valence-electron chi connectivity index (χ3n) is 3.57. The van der Waals surface area contributed by atoms with Gasteiger partial charge in [0.1, 0.15) is 0 Å². The molecule has 0 aliphatic rings. The molecule has 3 rings (SSSR count). The minimum atomic E-state index is -0.993. The van der Waals surface area contributed by atoms with Crippen molar-refractivity contribution in [2.24, 2.45) is 0 Å². The number of carbonyl (C=O) groups excluding carboxylic acids is 1. The van der Waals surface area contributed by atoms with Crippen molar-refractivity contribution in [2.45, 2.75) is 6.54 Å². The Balaban J connectivity index is 1.85. The van der Waals surface area contributed by atoms with Crippen LogP contribution in [0.15, 0.2) is 60.8 Å². The van der Waals surface area contributed by atoms with E-state index in [1.165, 1.54) is 17.0 Å². The molecule has 0 saturated carbocycles. The van der Waals surface area contributed by atoms with E-state index in [-0.39, 0.29) is 5.56 Å².